The summed E-state index contributed by atoms with van der Waals surface area (Å²) in [6.45, 7) is 1.22. The number of benzene rings is 1. The SMILES string of the molecule is COCCn1cc(NC(=O)c2cccc(N)c2)cn1. The number of carbonyl (C=O) groups excluding carboxylic acids is 1. The molecule has 19 heavy (non-hydrogen) atoms. The summed E-state index contributed by atoms with van der Waals surface area (Å²) in [7, 11) is 1.63. The molecule has 1 amide bonds. The molecule has 0 aliphatic rings. The van der Waals surface area contributed by atoms with Gasteiger partial charge in [-0.15, -0.1) is 0 Å². The Labute approximate surface area is 111 Å². The Morgan fingerprint density at radius 2 is 2.37 bits per heavy atom. The van der Waals surface area contributed by atoms with Gasteiger partial charge in [0, 0.05) is 24.6 Å². The number of ether oxygens (including phenoxy) is 1. The second kappa shape index (κ2) is 6.01. The first kappa shape index (κ1) is 13.1. The van der Waals surface area contributed by atoms with E-state index in [1.807, 2.05) is 0 Å². The number of nitrogen functional groups attached to an aromatic ring is 1. The summed E-state index contributed by atoms with van der Waals surface area (Å²) in [5.74, 6) is -0.210. The summed E-state index contributed by atoms with van der Waals surface area (Å²) in [4.78, 5) is 12.0. The zero-order valence-corrected chi connectivity index (χ0v) is 10.7. The van der Waals surface area contributed by atoms with Gasteiger partial charge in [0.1, 0.15) is 0 Å². The lowest BCUT2D eigenvalue weighted by Gasteiger charge is -2.03. The van der Waals surface area contributed by atoms with Gasteiger partial charge in [-0.2, -0.15) is 5.10 Å². The maximum absolute atomic E-state index is 12.0. The third-order valence-electron chi connectivity index (χ3n) is 2.56. The van der Waals surface area contributed by atoms with E-state index in [0.717, 1.165) is 0 Å². The van der Waals surface area contributed by atoms with Crippen LogP contribution in [0.2, 0.25) is 0 Å². The minimum absolute atomic E-state index is 0.210. The fourth-order valence-electron chi connectivity index (χ4n) is 1.62. The number of carbonyl (C=O) groups is 1. The van der Waals surface area contributed by atoms with Gasteiger partial charge < -0.3 is 15.8 Å². The van der Waals surface area contributed by atoms with Gasteiger partial charge in [0.25, 0.3) is 5.91 Å². The highest BCUT2D eigenvalue weighted by atomic mass is 16.5. The highest BCUT2D eigenvalue weighted by Gasteiger charge is 2.07. The summed E-state index contributed by atoms with van der Waals surface area (Å²) < 4.78 is 6.66. The average Bonchev–Trinajstić information content (AvgIpc) is 2.84. The van der Waals surface area contributed by atoms with Crippen molar-refractivity contribution >= 4 is 17.3 Å². The molecule has 1 heterocycles. The van der Waals surface area contributed by atoms with E-state index in [4.69, 9.17) is 10.5 Å². The lowest BCUT2D eigenvalue weighted by molar-refractivity contribution is 0.102. The zero-order chi connectivity index (χ0) is 13.7. The van der Waals surface area contributed by atoms with Crippen molar-refractivity contribution in [1.82, 2.24) is 9.78 Å². The van der Waals surface area contributed by atoms with Gasteiger partial charge in [0.2, 0.25) is 0 Å². The van der Waals surface area contributed by atoms with Gasteiger partial charge in [-0.1, -0.05) is 6.07 Å². The topological polar surface area (TPSA) is 82.2 Å². The first-order chi connectivity index (χ1) is 9.19. The molecular formula is C13H16N4O2. The molecule has 0 bridgehead atoms. The Morgan fingerprint density at radius 1 is 1.53 bits per heavy atom. The monoisotopic (exact) mass is 260 g/mol. The maximum Gasteiger partial charge on any atom is 0.255 e. The van der Waals surface area contributed by atoms with Crippen molar-refractivity contribution in [1.29, 1.82) is 0 Å². The quantitative estimate of drug-likeness (QED) is 0.795. The molecule has 1 aromatic heterocycles. The van der Waals surface area contributed by atoms with Gasteiger partial charge in [-0.3, -0.25) is 9.48 Å². The van der Waals surface area contributed by atoms with Crippen LogP contribution < -0.4 is 11.1 Å². The van der Waals surface area contributed by atoms with Crippen molar-refractivity contribution in [3.63, 3.8) is 0 Å². The Morgan fingerprint density at radius 3 is 3.11 bits per heavy atom. The van der Waals surface area contributed by atoms with Crippen molar-refractivity contribution in [2.24, 2.45) is 0 Å². The van der Waals surface area contributed by atoms with Crippen LogP contribution in [-0.2, 0) is 11.3 Å². The molecule has 6 nitrogen and oxygen atoms in total. The van der Waals surface area contributed by atoms with E-state index >= 15 is 0 Å². The fourth-order valence-corrected chi connectivity index (χ4v) is 1.62. The van der Waals surface area contributed by atoms with Crippen LogP contribution in [0.15, 0.2) is 36.7 Å². The molecule has 2 rings (SSSR count). The number of hydrogen-bond donors (Lipinski definition) is 2. The zero-order valence-electron chi connectivity index (χ0n) is 10.7. The van der Waals surface area contributed by atoms with Crippen molar-refractivity contribution in [3.8, 4) is 0 Å². The van der Waals surface area contributed by atoms with Crippen LogP contribution in [0.3, 0.4) is 0 Å². The van der Waals surface area contributed by atoms with E-state index in [1.165, 1.54) is 0 Å². The second-order valence-corrected chi connectivity index (χ2v) is 4.06. The third kappa shape index (κ3) is 3.56. The van der Waals surface area contributed by atoms with Crippen LogP contribution in [0.4, 0.5) is 11.4 Å². The molecule has 0 saturated heterocycles. The van der Waals surface area contributed by atoms with Gasteiger partial charge in [0.05, 0.1) is 25.0 Å². The summed E-state index contributed by atoms with van der Waals surface area (Å²) in [6.07, 6.45) is 3.35. The fraction of sp³-hybridized carbons (Fsp3) is 0.231. The smallest absolute Gasteiger partial charge is 0.255 e. The number of aromatic nitrogens is 2. The summed E-state index contributed by atoms with van der Waals surface area (Å²) in [6, 6.07) is 6.82. The van der Waals surface area contributed by atoms with E-state index in [1.54, 1.807) is 48.5 Å². The van der Waals surface area contributed by atoms with Crippen LogP contribution in [-0.4, -0.2) is 29.4 Å². The second-order valence-electron chi connectivity index (χ2n) is 4.06. The molecule has 6 heteroatoms. The van der Waals surface area contributed by atoms with E-state index in [-0.39, 0.29) is 5.91 Å². The van der Waals surface area contributed by atoms with Crippen LogP contribution in [0.5, 0.6) is 0 Å². The molecule has 0 saturated carbocycles. The molecule has 100 valence electrons. The molecule has 2 aromatic rings. The van der Waals surface area contributed by atoms with Crippen molar-refractivity contribution in [2.45, 2.75) is 6.54 Å². The minimum Gasteiger partial charge on any atom is -0.399 e. The lowest BCUT2D eigenvalue weighted by Crippen LogP contribution is -2.11. The summed E-state index contributed by atoms with van der Waals surface area (Å²) in [5, 5.41) is 6.88. The number of anilines is 2. The maximum atomic E-state index is 12.0. The Hall–Kier alpha value is -2.34. The Bertz CT molecular complexity index is 565. The largest absolute Gasteiger partial charge is 0.399 e. The van der Waals surface area contributed by atoms with Crippen LogP contribution in [0, 0.1) is 0 Å². The third-order valence-corrected chi connectivity index (χ3v) is 2.56. The Balaban J connectivity index is 2.00. The van der Waals surface area contributed by atoms with E-state index < -0.39 is 0 Å². The molecular weight excluding hydrogens is 244 g/mol. The van der Waals surface area contributed by atoms with E-state index in [2.05, 4.69) is 10.4 Å². The van der Waals surface area contributed by atoms with Crippen LogP contribution in [0.1, 0.15) is 10.4 Å². The Kier molecular flexibility index (Phi) is 4.15. The molecule has 0 unspecified atom stereocenters. The number of rotatable bonds is 5. The number of amides is 1. The van der Waals surface area contributed by atoms with E-state index in [0.29, 0.717) is 30.1 Å². The number of nitrogens with two attached hydrogens (primary N) is 1. The highest BCUT2D eigenvalue weighted by molar-refractivity contribution is 6.04. The van der Waals surface area contributed by atoms with E-state index in [9.17, 15) is 4.79 Å². The number of nitrogens with zero attached hydrogens (tertiary/aromatic N) is 2. The van der Waals surface area contributed by atoms with Gasteiger partial charge in [0.15, 0.2) is 0 Å². The van der Waals surface area contributed by atoms with Gasteiger partial charge >= 0.3 is 0 Å². The molecule has 0 radical (unpaired) electrons. The number of nitrogens with one attached hydrogen (secondary N) is 1. The molecule has 0 aliphatic heterocycles. The molecule has 0 aliphatic carbocycles. The standard InChI is InChI=1S/C13H16N4O2/c1-19-6-5-17-9-12(8-15-17)16-13(18)10-3-2-4-11(14)7-10/h2-4,7-9H,5-6,14H2,1H3,(H,16,18). The summed E-state index contributed by atoms with van der Waals surface area (Å²) >= 11 is 0. The predicted molar refractivity (Wildman–Crippen MR) is 72.9 cm³/mol. The first-order valence-corrected chi connectivity index (χ1v) is 5.87. The van der Waals surface area contributed by atoms with Crippen LogP contribution >= 0.6 is 0 Å². The van der Waals surface area contributed by atoms with Crippen molar-refractivity contribution < 1.29 is 9.53 Å². The van der Waals surface area contributed by atoms with Crippen molar-refractivity contribution in [2.75, 3.05) is 24.8 Å². The average molecular weight is 260 g/mol. The predicted octanol–water partition coefficient (Wildman–Crippen LogP) is 1.36. The number of hydrogen-bond acceptors (Lipinski definition) is 4. The highest BCUT2D eigenvalue weighted by Crippen LogP contribution is 2.10. The molecule has 1 aromatic carbocycles. The first-order valence-electron chi connectivity index (χ1n) is 5.87. The number of methoxy groups -OCH3 is 1. The molecule has 0 atom stereocenters. The lowest BCUT2D eigenvalue weighted by atomic mass is 10.2. The van der Waals surface area contributed by atoms with Crippen LogP contribution in [0.25, 0.3) is 0 Å². The molecule has 3 N–H and O–H groups in total. The van der Waals surface area contributed by atoms with Gasteiger partial charge in [-0.05, 0) is 18.2 Å². The van der Waals surface area contributed by atoms with Crippen molar-refractivity contribution in [3.05, 3.63) is 42.2 Å². The normalized spacial score (nSPS) is 10.4. The van der Waals surface area contributed by atoms with Gasteiger partial charge in [-0.25, -0.2) is 0 Å². The summed E-state index contributed by atoms with van der Waals surface area (Å²) in [5.41, 5.74) is 7.36. The molecule has 0 spiro atoms. The molecule has 0 fully saturated rings. The minimum atomic E-state index is -0.210.